The number of hydrogen-bond donors (Lipinski definition) is 4. The van der Waals surface area contributed by atoms with Crippen molar-refractivity contribution in [3.8, 4) is 5.75 Å². The zero-order chi connectivity index (χ0) is 20.6. The maximum absolute atomic E-state index is 12.9. The number of anilines is 3. The second-order valence-electron chi connectivity index (χ2n) is 6.17. The van der Waals surface area contributed by atoms with Gasteiger partial charge in [0.25, 0.3) is 0 Å². The molecular formula is C20H21FN6O2. The lowest BCUT2D eigenvalue weighted by Crippen LogP contribution is -2.21. The van der Waals surface area contributed by atoms with E-state index in [1.807, 2.05) is 12.1 Å². The van der Waals surface area contributed by atoms with Crippen molar-refractivity contribution in [2.24, 2.45) is 0 Å². The number of amides is 2. The number of methoxy groups -OCH3 is 1. The summed E-state index contributed by atoms with van der Waals surface area (Å²) in [5.41, 5.74) is 7.93. The fourth-order valence-electron chi connectivity index (χ4n) is 2.57. The first kappa shape index (κ1) is 20.0. The van der Waals surface area contributed by atoms with Gasteiger partial charge in [0, 0.05) is 13.1 Å². The molecule has 150 valence electrons. The van der Waals surface area contributed by atoms with Crippen LogP contribution < -0.4 is 26.4 Å². The second-order valence-corrected chi connectivity index (χ2v) is 6.17. The smallest absolute Gasteiger partial charge is 0.324 e. The number of benzene rings is 2. The zero-order valence-electron chi connectivity index (χ0n) is 15.8. The Balaban J connectivity index is 1.56. The van der Waals surface area contributed by atoms with Crippen molar-refractivity contribution in [1.82, 2.24) is 15.3 Å². The molecule has 0 radical (unpaired) electrons. The molecular weight excluding hydrogens is 375 g/mol. The number of nitrogens with zero attached hydrogens (tertiary/aromatic N) is 2. The molecule has 0 saturated heterocycles. The fraction of sp³-hybridized carbons (Fsp3) is 0.150. The zero-order valence-corrected chi connectivity index (χ0v) is 15.8. The van der Waals surface area contributed by atoms with Crippen molar-refractivity contribution in [1.29, 1.82) is 0 Å². The molecule has 3 aromatic rings. The van der Waals surface area contributed by atoms with Gasteiger partial charge in [0.05, 0.1) is 25.2 Å². The van der Waals surface area contributed by atoms with Crippen LogP contribution in [0.4, 0.5) is 26.5 Å². The number of carbonyl (C=O) groups excluding carboxylic acids is 1. The van der Waals surface area contributed by atoms with Crippen molar-refractivity contribution in [2.45, 2.75) is 13.1 Å². The average molecular weight is 396 g/mol. The largest absolute Gasteiger partial charge is 0.495 e. The SMILES string of the molecule is COc1cc(CNCc2ccc(F)cc2)ccc1NC(=O)Nc1cnc(N)cn1. The molecule has 0 aliphatic heterocycles. The minimum Gasteiger partial charge on any atom is -0.495 e. The normalized spacial score (nSPS) is 10.4. The summed E-state index contributed by atoms with van der Waals surface area (Å²) >= 11 is 0. The molecule has 29 heavy (non-hydrogen) atoms. The molecule has 2 amide bonds. The summed E-state index contributed by atoms with van der Waals surface area (Å²) < 4.78 is 18.3. The van der Waals surface area contributed by atoms with E-state index in [1.165, 1.54) is 31.6 Å². The van der Waals surface area contributed by atoms with Crippen LogP contribution in [0.2, 0.25) is 0 Å². The Morgan fingerprint density at radius 2 is 1.76 bits per heavy atom. The van der Waals surface area contributed by atoms with Crippen LogP contribution in [0, 0.1) is 5.82 Å². The van der Waals surface area contributed by atoms with Gasteiger partial charge in [-0.15, -0.1) is 0 Å². The minimum absolute atomic E-state index is 0.256. The Morgan fingerprint density at radius 3 is 2.45 bits per heavy atom. The predicted molar refractivity (Wildman–Crippen MR) is 109 cm³/mol. The number of urea groups is 1. The fourth-order valence-corrected chi connectivity index (χ4v) is 2.57. The molecule has 0 atom stereocenters. The van der Waals surface area contributed by atoms with Crippen LogP contribution in [0.25, 0.3) is 0 Å². The Labute approximate surface area is 167 Å². The summed E-state index contributed by atoms with van der Waals surface area (Å²) in [6.07, 6.45) is 2.71. The van der Waals surface area contributed by atoms with Gasteiger partial charge < -0.3 is 21.1 Å². The van der Waals surface area contributed by atoms with Crippen molar-refractivity contribution < 1.29 is 13.9 Å². The Bertz CT molecular complexity index is 964. The second kappa shape index (κ2) is 9.47. The number of aromatic nitrogens is 2. The van der Waals surface area contributed by atoms with Crippen LogP contribution in [-0.4, -0.2) is 23.1 Å². The number of carbonyl (C=O) groups is 1. The maximum Gasteiger partial charge on any atom is 0.324 e. The van der Waals surface area contributed by atoms with Gasteiger partial charge in [-0.05, 0) is 35.4 Å². The summed E-state index contributed by atoms with van der Waals surface area (Å²) in [4.78, 5) is 20.0. The van der Waals surface area contributed by atoms with Gasteiger partial charge in [0.1, 0.15) is 17.4 Å². The van der Waals surface area contributed by atoms with Gasteiger partial charge >= 0.3 is 6.03 Å². The van der Waals surface area contributed by atoms with E-state index < -0.39 is 6.03 Å². The van der Waals surface area contributed by atoms with Crippen molar-refractivity contribution in [3.63, 3.8) is 0 Å². The van der Waals surface area contributed by atoms with E-state index >= 15 is 0 Å². The average Bonchev–Trinajstić information content (AvgIpc) is 2.72. The Kier molecular flexibility index (Phi) is 6.54. The lowest BCUT2D eigenvalue weighted by atomic mass is 10.1. The van der Waals surface area contributed by atoms with E-state index in [2.05, 4.69) is 25.9 Å². The molecule has 5 N–H and O–H groups in total. The lowest BCUT2D eigenvalue weighted by molar-refractivity contribution is 0.262. The van der Waals surface area contributed by atoms with Gasteiger partial charge in [-0.1, -0.05) is 18.2 Å². The highest BCUT2D eigenvalue weighted by molar-refractivity contribution is 6.00. The molecule has 9 heteroatoms. The van der Waals surface area contributed by atoms with Gasteiger partial charge in [-0.3, -0.25) is 5.32 Å². The van der Waals surface area contributed by atoms with Gasteiger partial charge in [-0.2, -0.15) is 0 Å². The summed E-state index contributed by atoms with van der Waals surface area (Å²) in [6, 6.07) is 11.3. The molecule has 0 spiro atoms. The van der Waals surface area contributed by atoms with E-state index in [9.17, 15) is 9.18 Å². The molecule has 8 nitrogen and oxygen atoms in total. The molecule has 0 saturated carbocycles. The lowest BCUT2D eigenvalue weighted by Gasteiger charge is -2.13. The predicted octanol–water partition coefficient (Wildman–Crippen LogP) is 3.14. The van der Waals surface area contributed by atoms with E-state index in [0.29, 0.717) is 24.5 Å². The topological polar surface area (TPSA) is 114 Å². The number of halogens is 1. The summed E-state index contributed by atoms with van der Waals surface area (Å²) in [5, 5.41) is 8.56. The van der Waals surface area contributed by atoms with Crippen molar-refractivity contribution in [2.75, 3.05) is 23.5 Å². The molecule has 0 bridgehead atoms. The van der Waals surface area contributed by atoms with Crippen molar-refractivity contribution in [3.05, 3.63) is 71.8 Å². The Hall–Kier alpha value is -3.72. The van der Waals surface area contributed by atoms with Crippen LogP contribution in [0.5, 0.6) is 5.75 Å². The number of ether oxygens (including phenoxy) is 1. The monoisotopic (exact) mass is 396 g/mol. The van der Waals surface area contributed by atoms with Crippen LogP contribution in [-0.2, 0) is 13.1 Å². The molecule has 1 heterocycles. The molecule has 0 aliphatic carbocycles. The first-order valence-electron chi connectivity index (χ1n) is 8.81. The highest BCUT2D eigenvalue weighted by Gasteiger charge is 2.09. The van der Waals surface area contributed by atoms with Gasteiger partial charge in [-0.25, -0.2) is 19.2 Å². The standard InChI is InChI=1S/C20H21FN6O2/c1-29-17-8-14(10-23-9-13-2-5-15(21)6-3-13)4-7-16(17)26-20(28)27-19-12-24-18(22)11-25-19/h2-8,11-12,23H,9-10H2,1H3,(H2,22,24)(H2,25,26,27,28). The van der Waals surface area contributed by atoms with Crippen LogP contribution >= 0.6 is 0 Å². The highest BCUT2D eigenvalue weighted by atomic mass is 19.1. The summed E-state index contributed by atoms with van der Waals surface area (Å²) in [5.74, 6) is 0.803. The number of rotatable bonds is 7. The van der Waals surface area contributed by atoms with Gasteiger partial charge in [0.15, 0.2) is 5.82 Å². The number of nitrogen functional groups attached to an aromatic ring is 1. The molecule has 3 rings (SSSR count). The number of hydrogen-bond acceptors (Lipinski definition) is 6. The first-order valence-corrected chi connectivity index (χ1v) is 8.81. The van der Waals surface area contributed by atoms with Crippen LogP contribution in [0.3, 0.4) is 0 Å². The third-order valence-corrected chi connectivity index (χ3v) is 4.00. The van der Waals surface area contributed by atoms with E-state index in [-0.39, 0.29) is 17.5 Å². The summed E-state index contributed by atoms with van der Waals surface area (Å²) in [6.45, 7) is 1.19. The quantitative estimate of drug-likeness (QED) is 0.488. The van der Waals surface area contributed by atoms with E-state index in [4.69, 9.17) is 10.5 Å². The summed E-state index contributed by atoms with van der Waals surface area (Å²) in [7, 11) is 1.53. The first-order chi connectivity index (χ1) is 14.0. The molecule has 0 unspecified atom stereocenters. The van der Waals surface area contributed by atoms with E-state index in [1.54, 1.807) is 18.2 Å². The molecule has 0 aliphatic rings. The Morgan fingerprint density at radius 1 is 1.03 bits per heavy atom. The van der Waals surface area contributed by atoms with Crippen molar-refractivity contribution >= 4 is 23.4 Å². The van der Waals surface area contributed by atoms with Gasteiger partial charge in [0.2, 0.25) is 0 Å². The van der Waals surface area contributed by atoms with E-state index in [0.717, 1.165) is 11.1 Å². The maximum atomic E-state index is 12.9. The van der Waals surface area contributed by atoms with Crippen LogP contribution in [0.15, 0.2) is 54.9 Å². The van der Waals surface area contributed by atoms with Crippen LogP contribution in [0.1, 0.15) is 11.1 Å². The third-order valence-electron chi connectivity index (χ3n) is 4.00. The molecule has 0 fully saturated rings. The number of nitrogens with two attached hydrogens (primary N) is 1. The molecule has 2 aromatic carbocycles. The molecule has 1 aromatic heterocycles. The number of nitrogens with one attached hydrogen (secondary N) is 3. The minimum atomic E-state index is -0.482. The highest BCUT2D eigenvalue weighted by Crippen LogP contribution is 2.25. The third kappa shape index (κ3) is 5.88.